The van der Waals surface area contributed by atoms with Crippen molar-refractivity contribution in [3.8, 4) is 0 Å². The van der Waals surface area contributed by atoms with Crippen LogP contribution in [0.25, 0.3) is 0 Å². The maximum atomic E-state index is 14.2. The Balaban J connectivity index is 1.55. The first-order chi connectivity index (χ1) is 17.5. The second-order valence-electron chi connectivity index (χ2n) is 10.7. The molecule has 37 heavy (non-hydrogen) atoms. The third-order valence-corrected chi connectivity index (χ3v) is 10.5. The Morgan fingerprint density at radius 3 is 2.43 bits per heavy atom. The number of aliphatic hydroxyl groups is 1. The van der Waals surface area contributed by atoms with E-state index < -0.39 is 30.9 Å². The Hall–Kier alpha value is -3.12. The molecule has 0 unspecified atom stereocenters. The zero-order valence-corrected chi connectivity index (χ0v) is 22.1. The second-order valence-corrected chi connectivity index (χ2v) is 14.7. The van der Waals surface area contributed by atoms with E-state index in [2.05, 4.69) is 0 Å². The maximum Gasteiger partial charge on any atom is 0.269 e. The Labute approximate surface area is 215 Å². The quantitative estimate of drug-likeness (QED) is 0.246. The zero-order valence-electron chi connectivity index (χ0n) is 21.1. The summed E-state index contributed by atoms with van der Waals surface area (Å²) in [4.78, 5) is 51.6. The van der Waals surface area contributed by atoms with E-state index in [1.165, 1.54) is 12.1 Å². The third-order valence-electron chi connectivity index (χ3n) is 8.03. The number of nitro benzene ring substituents is 1. The molecule has 0 aromatic heterocycles. The Morgan fingerprint density at radius 2 is 1.89 bits per heavy atom. The number of non-ortho nitro benzene ring substituents is 1. The number of carbonyl (C=O) groups is 2. The monoisotopic (exact) mass is 525 g/mol. The fourth-order valence-electron chi connectivity index (χ4n) is 6.28. The largest absolute Gasteiger partial charge is 0.432 e. The summed E-state index contributed by atoms with van der Waals surface area (Å²) in [5.41, 5.74) is 0.591. The lowest BCUT2D eigenvalue weighted by molar-refractivity contribution is -0.385. The Bertz CT molecular complexity index is 1260. The summed E-state index contributed by atoms with van der Waals surface area (Å²) in [6.07, 6.45) is 0.233. The van der Waals surface area contributed by atoms with E-state index >= 15 is 0 Å². The summed E-state index contributed by atoms with van der Waals surface area (Å²) < 4.78 is 6.48. The van der Waals surface area contributed by atoms with Gasteiger partial charge in [-0.15, -0.1) is 0 Å². The van der Waals surface area contributed by atoms with Crippen LogP contribution in [0.1, 0.15) is 30.9 Å². The average molecular weight is 526 g/mol. The molecule has 2 saturated heterocycles. The van der Waals surface area contributed by atoms with Crippen molar-refractivity contribution in [3.05, 3.63) is 63.7 Å². The molecule has 2 N–H and O–H groups in total. The van der Waals surface area contributed by atoms with Crippen LogP contribution in [0.15, 0.2) is 42.5 Å². The molecule has 2 aromatic carbocycles. The number of anilines is 2. The van der Waals surface area contributed by atoms with Gasteiger partial charge in [-0.1, -0.05) is 19.1 Å². The van der Waals surface area contributed by atoms with Crippen LogP contribution in [0.3, 0.4) is 0 Å². The molecule has 5 rings (SSSR count). The van der Waals surface area contributed by atoms with Gasteiger partial charge in [0.1, 0.15) is 0 Å². The van der Waals surface area contributed by atoms with Crippen LogP contribution in [0, 0.1) is 16.0 Å². The average Bonchev–Trinajstić information content (AvgIpc) is 3.26. The molecule has 196 valence electrons. The fourth-order valence-corrected chi connectivity index (χ4v) is 8.89. The number of fused-ring (bicyclic) bond motifs is 2. The third kappa shape index (κ3) is 3.97. The number of benzene rings is 2. The number of carbonyl (C=O) groups excluding carboxylic acids is 2. The first kappa shape index (κ1) is 25.5. The van der Waals surface area contributed by atoms with Gasteiger partial charge in [0.05, 0.1) is 23.3 Å². The highest BCUT2D eigenvalue weighted by Crippen LogP contribution is 2.60. The van der Waals surface area contributed by atoms with Crippen molar-refractivity contribution in [1.82, 2.24) is 0 Å². The van der Waals surface area contributed by atoms with Crippen LogP contribution < -0.4 is 9.80 Å². The van der Waals surface area contributed by atoms with Crippen LogP contribution in [0.4, 0.5) is 17.1 Å². The molecule has 2 aromatic rings. The van der Waals surface area contributed by atoms with Gasteiger partial charge >= 0.3 is 0 Å². The number of nitro groups is 1. The van der Waals surface area contributed by atoms with Crippen LogP contribution in [-0.2, 0) is 26.5 Å². The molecule has 10 nitrogen and oxygen atoms in total. The summed E-state index contributed by atoms with van der Waals surface area (Å²) in [7, 11) is -2.86. The predicted molar refractivity (Wildman–Crippen MR) is 139 cm³/mol. The van der Waals surface area contributed by atoms with E-state index in [-0.39, 0.29) is 42.6 Å². The summed E-state index contributed by atoms with van der Waals surface area (Å²) in [6.45, 7) is 6.17. The van der Waals surface area contributed by atoms with Gasteiger partial charge in [0.2, 0.25) is 5.91 Å². The number of amides is 2. The molecule has 0 radical (unpaired) electrons. The highest BCUT2D eigenvalue weighted by Gasteiger charge is 2.66. The van der Waals surface area contributed by atoms with E-state index in [1.807, 2.05) is 31.2 Å². The van der Waals surface area contributed by atoms with Crippen molar-refractivity contribution in [2.45, 2.75) is 56.7 Å². The van der Waals surface area contributed by atoms with Gasteiger partial charge in [-0.2, -0.15) is 0 Å². The molecule has 2 fully saturated rings. The Kier molecular flexibility index (Phi) is 6.22. The molecule has 3 aliphatic heterocycles. The number of aliphatic hydroxyl groups excluding tert-OH is 1. The summed E-state index contributed by atoms with van der Waals surface area (Å²) in [5.74, 6) is -0.718. The molecule has 0 bridgehead atoms. The van der Waals surface area contributed by atoms with E-state index in [9.17, 15) is 29.6 Å². The number of nitrogens with zero attached hydrogens (tertiary/aromatic N) is 3. The van der Waals surface area contributed by atoms with E-state index in [0.29, 0.717) is 24.2 Å². The molecular weight excluding hydrogens is 494 g/mol. The molecule has 1 spiro atoms. The number of rotatable bonds is 7. The van der Waals surface area contributed by atoms with Crippen molar-refractivity contribution in [3.63, 3.8) is 0 Å². The summed E-state index contributed by atoms with van der Waals surface area (Å²) in [5, 5.41) is 21.3. The molecule has 0 aliphatic carbocycles. The molecule has 3 aliphatic rings. The van der Waals surface area contributed by atoms with Crippen LogP contribution in [0.2, 0.25) is 18.6 Å². The molecule has 11 heteroatoms. The van der Waals surface area contributed by atoms with Crippen LogP contribution >= 0.6 is 0 Å². The molecule has 2 amide bonds. The molecule has 4 atom stereocenters. The van der Waals surface area contributed by atoms with Gasteiger partial charge in [0, 0.05) is 54.4 Å². The topological polar surface area (TPSA) is 133 Å². The molecule has 0 saturated carbocycles. The van der Waals surface area contributed by atoms with E-state index in [0.717, 1.165) is 11.3 Å². The van der Waals surface area contributed by atoms with Gasteiger partial charge in [0.25, 0.3) is 11.6 Å². The van der Waals surface area contributed by atoms with Crippen molar-refractivity contribution < 1.29 is 29.2 Å². The summed E-state index contributed by atoms with van der Waals surface area (Å²) >= 11 is 0. The lowest BCUT2D eigenvalue weighted by Crippen LogP contribution is -2.46. The smallest absolute Gasteiger partial charge is 0.269 e. The van der Waals surface area contributed by atoms with Gasteiger partial charge in [-0.05, 0) is 43.3 Å². The van der Waals surface area contributed by atoms with Gasteiger partial charge in [0.15, 0.2) is 13.9 Å². The highest BCUT2D eigenvalue weighted by molar-refractivity contribution is 6.71. The molecule has 3 heterocycles. The van der Waals surface area contributed by atoms with Gasteiger partial charge in [-0.25, -0.2) is 0 Å². The van der Waals surface area contributed by atoms with E-state index in [1.54, 1.807) is 29.0 Å². The van der Waals surface area contributed by atoms with Crippen molar-refractivity contribution >= 4 is 37.2 Å². The fraction of sp³-hybridized carbons (Fsp3) is 0.462. The summed E-state index contributed by atoms with van der Waals surface area (Å²) in [6, 6.07) is 11.8. The SMILES string of the molecule is C[C@H]1[C@H]([Si](C)(C)O)[C@@H](CCO)O[C@]12C(=O)N(Cc1ccc(N3CCC3=O)cc1)c1ccc([N+](=O)[O-])cc12. The molecular formula is C26H31N3O7Si. The van der Waals surface area contributed by atoms with Gasteiger partial charge < -0.3 is 24.4 Å². The van der Waals surface area contributed by atoms with Crippen LogP contribution in [0.5, 0.6) is 0 Å². The number of hydrogen-bond acceptors (Lipinski definition) is 7. The highest BCUT2D eigenvalue weighted by atomic mass is 28.4. The van der Waals surface area contributed by atoms with Crippen molar-refractivity contribution in [2.75, 3.05) is 23.0 Å². The first-order valence-electron chi connectivity index (χ1n) is 12.5. The standard InChI is InChI=1S/C26H31N3O7Si/c1-16-24(37(2,3)35)22(11-13-30)36-26(16)20-14-19(29(33)34)8-9-21(20)28(25(26)32)15-17-4-6-18(7-5-17)27-12-10-23(27)31/h4-9,14,16,22,24,30,35H,10-13,15H2,1-3H3/t16-,22+,24-,26+/m0/s1. The minimum absolute atomic E-state index is 0.0784. The maximum absolute atomic E-state index is 14.2. The zero-order chi connectivity index (χ0) is 26.7. The number of hydrogen-bond donors (Lipinski definition) is 2. The van der Waals surface area contributed by atoms with Crippen molar-refractivity contribution in [1.29, 1.82) is 0 Å². The lowest BCUT2D eigenvalue weighted by Gasteiger charge is -2.32. The Morgan fingerprint density at radius 1 is 1.19 bits per heavy atom. The lowest BCUT2D eigenvalue weighted by atomic mass is 9.82. The number of β-lactam (4-membered cyclic amide) rings is 1. The van der Waals surface area contributed by atoms with Crippen molar-refractivity contribution in [2.24, 2.45) is 5.92 Å². The van der Waals surface area contributed by atoms with Crippen LogP contribution in [-0.4, -0.2) is 54.2 Å². The predicted octanol–water partition coefficient (Wildman–Crippen LogP) is 3.06. The minimum atomic E-state index is -2.86. The van der Waals surface area contributed by atoms with Gasteiger partial charge in [-0.3, -0.25) is 19.7 Å². The first-order valence-corrected chi connectivity index (χ1v) is 15.5. The minimum Gasteiger partial charge on any atom is -0.432 e. The normalized spacial score (nSPS) is 27.1. The van der Waals surface area contributed by atoms with E-state index in [4.69, 9.17) is 4.74 Å². The second kappa shape index (κ2) is 9.01. The number of ether oxygens (including phenoxy) is 1.